The van der Waals surface area contributed by atoms with Crippen molar-refractivity contribution in [3.05, 3.63) is 54.0 Å². The van der Waals surface area contributed by atoms with Crippen LogP contribution in [0.3, 0.4) is 0 Å². The minimum atomic E-state index is 0.164. The van der Waals surface area contributed by atoms with Crippen molar-refractivity contribution >= 4 is 5.91 Å². The summed E-state index contributed by atoms with van der Waals surface area (Å²) >= 11 is 0. The Balaban J connectivity index is 1.61. The molecule has 2 aromatic rings. The highest BCUT2D eigenvalue weighted by atomic mass is 16.5. The third-order valence-corrected chi connectivity index (χ3v) is 3.98. The van der Waals surface area contributed by atoms with Crippen LogP contribution in [0.25, 0.3) is 0 Å². The highest BCUT2D eigenvalue weighted by Gasteiger charge is 2.28. The Morgan fingerprint density at radius 2 is 2.29 bits per heavy atom. The molecule has 0 aliphatic carbocycles. The van der Waals surface area contributed by atoms with Gasteiger partial charge in [0.25, 0.3) is 0 Å². The molecule has 0 bridgehead atoms. The third kappa shape index (κ3) is 3.10. The second kappa shape index (κ2) is 6.04. The highest BCUT2D eigenvalue weighted by Crippen LogP contribution is 2.27. The number of likely N-dealkylation sites (tertiary alicyclic amines) is 1. The molecule has 1 aromatic carbocycles. The zero-order valence-corrected chi connectivity index (χ0v) is 12.1. The van der Waals surface area contributed by atoms with Crippen LogP contribution < -0.4 is 4.74 Å². The zero-order chi connectivity index (χ0) is 14.7. The average molecular weight is 285 g/mol. The molecular formula is C17H19NO3. The van der Waals surface area contributed by atoms with E-state index in [4.69, 9.17) is 9.15 Å². The summed E-state index contributed by atoms with van der Waals surface area (Å²) in [5, 5.41) is 0. The summed E-state index contributed by atoms with van der Waals surface area (Å²) in [6, 6.07) is 11.6. The summed E-state index contributed by atoms with van der Waals surface area (Å²) in [6.07, 6.45) is 3.08. The van der Waals surface area contributed by atoms with Gasteiger partial charge in [0.05, 0.1) is 19.8 Å². The van der Waals surface area contributed by atoms with Crippen molar-refractivity contribution in [3.8, 4) is 5.75 Å². The summed E-state index contributed by atoms with van der Waals surface area (Å²) < 4.78 is 10.6. The normalized spacial score (nSPS) is 18.0. The van der Waals surface area contributed by atoms with Crippen molar-refractivity contribution < 1.29 is 13.9 Å². The molecular weight excluding hydrogens is 266 g/mol. The summed E-state index contributed by atoms with van der Waals surface area (Å²) in [5.74, 6) is 2.26. The fourth-order valence-electron chi connectivity index (χ4n) is 2.81. The summed E-state index contributed by atoms with van der Waals surface area (Å²) in [5.41, 5.74) is 0.987. The second-order valence-corrected chi connectivity index (χ2v) is 5.37. The van der Waals surface area contributed by atoms with Crippen LogP contribution in [0.1, 0.15) is 23.7 Å². The van der Waals surface area contributed by atoms with Gasteiger partial charge in [-0.15, -0.1) is 0 Å². The predicted molar refractivity (Wildman–Crippen MR) is 79.3 cm³/mol. The van der Waals surface area contributed by atoms with Gasteiger partial charge < -0.3 is 14.1 Å². The maximum absolute atomic E-state index is 12.4. The maximum atomic E-state index is 12.4. The quantitative estimate of drug-likeness (QED) is 0.867. The van der Waals surface area contributed by atoms with E-state index in [9.17, 15) is 4.79 Å². The molecule has 1 fully saturated rings. The standard InChI is InChI=1S/C17H19NO3/c1-20-15-5-2-4-13(10-15)11-17(19)18-8-7-14(12-18)16-6-3-9-21-16/h2-6,9-10,14H,7-8,11-12H2,1H3. The third-order valence-electron chi connectivity index (χ3n) is 3.98. The van der Waals surface area contributed by atoms with Crippen molar-refractivity contribution in [3.63, 3.8) is 0 Å². The lowest BCUT2D eigenvalue weighted by atomic mass is 10.1. The van der Waals surface area contributed by atoms with Gasteiger partial charge in [-0.3, -0.25) is 4.79 Å². The topological polar surface area (TPSA) is 42.7 Å². The number of hydrogen-bond donors (Lipinski definition) is 0. The Morgan fingerprint density at radius 3 is 3.05 bits per heavy atom. The lowest BCUT2D eigenvalue weighted by molar-refractivity contribution is -0.129. The molecule has 3 rings (SSSR count). The molecule has 0 spiro atoms. The molecule has 4 nitrogen and oxygen atoms in total. The Kier molecular flexibility index (Phi) is 3.95. The van der Waals surface area contributed by atoms with Gasteiger partial charge in [0.1, 0.15) is 11.5 Å². The Morgan fingerprint density at radius 1 is 1.38 bits per heavy atom. The first-order chi connectivity index (χ1) is 10.3. The SMILES string of the molecule is COc1cccc(CC(=O)N2CCC(c3ccco3)C2)c1. The first-order valence-electron chi connectivity index (χ1n) is 7.20. The number of nitrogens with zero attached hydrogens (tertiary/aromatic N) is 1. The number of rotatable bonds is 4. The van der Waals surface area contributed by atoms with Crippen molar-refractivity contribution in [2.45, 2.75) is 18.8 Å². The average Bonchev–Trinajstić information content (AvgIpc) is 3.18. The first-order valence-corrected chi connectivity index (χ1v) is 7.20. The lowest BCUT2D eigenvalue weighted by Crippen LogP contribution is -2.29. The van der Waals surface area contributed by atoms with E-state index in [-0.39, 0.29) is 5.91 Å². The van der Waals surface area contributed by atoms with Gasteiger partial charge in [0.15, 0.2) is 0 Å². The number of furan rings is 1. The van der Waals surface area contributed by atoms with Gasteiger partial charge in [-0.05, 0) is 36.2 Å². The largest absolute Gasteiger partial charge is 0.497 e. The lowest BCUT2D eigenvalue weighted by Gasteiger charge is -2.16. The van der Waals surface area contributed by atoms with Gasteiger partial charge in [0, 0.05) is 19.0 Å². The zero-order valence-electron chi connectivity index (χ0n) is 12.1. The van der Waals surface area contributed by atoms with E-state index >= 15 is 0 Å². The Hall–Kier alpha value is -2.23. The maximum Gasteiger partial charge on any atom is 0.227 e. The van der Waals surface area contributed by atoms with Crippen molar-refractivity contribution in [1.29, 1.82) is 0 Å². The molecule has 2 heterocycles. The van der Waals surface area contributed by atoms with Gasteiger partial charge >= 0.3 is 0 Å². The molecule has 1 saturated heterocycles. The van der Waals surface area contributed by atoms with Crippen LogP contribution >= 0.6 is 0 Å². The van der Waals surface area contributed by atoms with Gasteiger partial charge in [-0.2, -0.15) is 0 Å². The molecule has 0 N–H and O–H groups in total. The Bertz CT molecular complexity index is 606. The summed E-state index contributed by atoms with van der Waals surface area (Å²) in [4.78, 5) is 14.3. The molecule has 1 aliphatic heterocycles. The monoisotopic (exact) mass is 285 g/mol. The predicted octanol–water partition coefficient (Wildman–Crippen LogP) is 2.85. The fourth-order valence-corrected chi connectivity index (χ4v) is 2.81. The van der Waals surface area contributed by atoms with E-state index in [1.165, 1.54) is 0 Å². The van der Waals surface area contributed by atoms with Gasteiger partial charge in [-0.25, -0.2) is 0 Å². The van der Waals surface area contributed by atoms with Crippen LogP contribution in [0.2, 0.25) is 0 Å². The molecule has 21 heavy (non-hydrogen) atoms. The number of ether oxygens (including phenoxy) is 1. The van der Waals surface area contributed by atoms with Crippen molar-refractivity contribution in [2.24, 2.45) is 0 Å². The van der Waals surface area contributed by atoms with Crippen LogP contribution in [0.5, 0.6) is 5.75 Å². The minimum Gasteiger partial charge on any atom is -0.497 e. The minimum absolute atomic E-state index is 0.164. The van der Waals surface area contributed by atoms with Crippen LogP contribution in [0.4, 0.5) is 0 Å². The van der Waals surface area contributed by atoms with Crippen LogP contribution in [-0.2, 0) is 11.2 Å². The van der Waals surface area contributed by atoms with Gasteiger partial charge in [-0.1, -0.05) is 12.1 Å². The van der Waals surface area contributed by atoms with Crippen LogP contribution in [0.15, 0.2) is 47.1 Å². The van der Waals surface area contributed by atoms with Crippen LogP contribution in [-0.4, -0.2) is 31.0 Å². The van der Waals surface area contributed by atoms with E-state index in [1.54, 1.807) is 13.4 Å². The molecule has 1 atom stereocenters. The molecule has 0 radical (unpaired) electrons. The van der Waals surface area contributed by atoms with E-state index < -0.39 is 0 Å². The number of hydrogen-bond acceptors (Lipinski definition) is 3. The van der Waals surface area contributed by atoms with E-state index in [1.807, 2.05) is 41.3 Å². The number of methoxy groups -OCH3 is 1. The number of carbonyl (C=O) groups is 1. The van der Waals surface area contributed by atoms with E-state index in [0.717, 1.165) is 36.6 Å². The molecule has 1 aliphatic rings. The summed E-state index contributed by atoms with van der Waals surface area (Å²) in [6.45, 7) is 1.55. The molecule has 1 amide bonds. The van der Waals surface area contributed by atoms with Gasteiger partial charge in [0.2, 0.25) is 5.91 Å². The van der Waals surface area contributed by atoms with Crippen molar-refractivity contribution in [2.75, 3.05) is 20.2 Å². The first kappa shape index (κ1) is 13.7. The number of amides is 1. The van der Waals surface area contributed by atoms with E-state index in [0.29, 0.717) is 12.3 Å². The number of benzene rings is 1. The molecule has 110 valence electrons. The highest BCUT2D eigenvalue weighted by molar-refractivity contribution is 5.79. The summed E-state index contributed by atoms with van der Waals surface area (Å²) in [7, 11) is 1.63. The fraction of sp³-hybridized carbons (Fsp3) is 0.353. The van der Waals surface area contributed by atoms with E-state index in [2.05, 4.69) is 0 Å². The second-order valence-electron chi connectivity index (χ2n) is 5.37. The molecule has 4 heteroatoms. The molecule has 0 saturated carbocycles. The van der Waals surface area contributed by atoms with Crippen LogP contribution in [0, 0.1) is 0 Å². The number of carbonyl (C=O) groups excluding carboxylic acids is 1. The smallest absolute Gasteiger partial charge is 0.227 e. The van der Waals surface area contributed by atoms with Crippen molar-refractivity contribution in [1.82, 2.24) is 4.90 Å². The molecule has 1 unspecified atom stereocenters. The molecule has 1 aromatic heterocycles. The Labute approximate surface area is 124 Å².